The van der Waals surface area contributed by atoms with Crippen molar-refractivity contribution in [3.8, 4) is 0 Å². The van der Waals surface area contributed by atoms with Crippen LogP contribution in [0.15, 0.2) is 42.5 Å². The number of carbonyl (C=O) groups excluding carboxylic acids is 2. The van der Waals surface area contributed by atoms with Crippen molar-refractivity contribution in [2.75, 3.05) is 5.32 Å². The first-order chi connectivity index (χ1) is 10.9. The summed E-state index contributed by atoms with van der Waals surface area (Å²) in [5.74, 6) is -2.82. The zero-order valence-electron chi connectivity index (χ0n) is 12.1. The summed E-state index contributed by atoms with van der Waals surface area (Å²) in [5, 5.41) is 4.99. The number of anilines is 1. The van der Waals surface area contributed by atoms with Gasteiger partial charge in [0.05, 0.1) is 16.3 Å². The predicted molar refractivity (Wildman–Crippen MR) is 83.4 cm³/mol. The molecule has 0 aromatic heterocycles. The van der Waals surface area contributed by atoms with Gasteiger partial charge in [-0.2, -0.15) is 0 Å². The number of hydrogen-bond acceptors (Lipinski definition) is 2. The number of nitrogens with one attached hydrogen (secondary N) is 2. The molecule has 2 amide bonds. The summed E-state index contributed by atoms with van der Waals surface area (Å²) in [7, 11) is 0. The third-order valence-electron chi connectivity index (χ3n) is 3.05. The summed E-state index contributed by atoms with van der Waals surface area (Å²) < 4.78 is 26.3. The molecule has 0 unspecified atom stereocenters. The molecule has 0 saturated carbocycles. The van der Waals surface area contributed by atoms with Crippen LogP contribution in [0.1, 0.15) is 17.3 Å². The number of benzene rings is 2. The minimum absolute atomic E-state index is 0.171. The highest BCUT2D eigenvalue weighted by Crippen LogP contribution is 2.16. The first-order valence-corrected chi connectivity index (χ1v) is 7.07. The van der Waals surface area contributed by atoms with Gasteiger partial charge in [-0.15, -0.1) is 0 Å². The highest BCUT2D eigenvalue weighted by atomic mass is 35.5. The Morgan fingerprint density at radius 1 is 1.13 bits per heavy atom. The summed E-state index contributed by atoms with van der Waals surface area (Å²) in [6.07, 6.45) is 0. The third kappa shape index (κ3) is 4.26. The fourth-order valence-corrected chi connectivity index (χ4v) is 2.04. The lowest BCUT2D eigenvalue weighted by atomic mass is 10.2. The number of carbonyl (C=O) groups is 2. The summed E-state index contributed by atoms with van der Waals surface area (Å²) >= 11 is 5.90. The average Bonchev–Trinajstić information content (AvgIpc) is 2.50. The molecule has 1 atom stereocenters. The van der Waals surface area contributed by atoms with Crippen molar-refractivity contribution in [3.05, 3.63) is 64.7 Å². The Kier molecular flexibility index (Phi) is 5.28. The molecule has 0 heterocycles. The molecular formula is C16H13ClF2N2O2. The molecule has 0 bridgehead atoms. The first kappa shape index (κ1) is 16.9. The van der Waals surface area contributed by atoms with Gasteiger partial charge in [0.25, 0.3) is 5.91 Å². The van der Waals surface area contributed by atoms with Crippen LogP contribution in [0.4, 0.5) is 14.5 Å². The second-order valence-electron chi connectivity index (χ2n) is 4.79. The molecule has 0 saturated heterocycles. The minimum atomic E-state index is -0.941. The fraction of sp³-hybridized carbons (Fsp3) is 0.125. The quantitative estimate of drug-likeness (QED) is 0.898. The van der Waals surface area contributed by atoms with Crippen molar-refractivity contribution in [3.63, 3.8) is 0 Å². The van der Waals surface area contributed by atoms with Crippen molar-refractivity contribution >= 4 is 29.1 Å². The van der Waals surface area contributed by atoms with Gasteiger partial charge in [-0.05, 0) is 31.2 Å². The summed E-state index contributed by atoms with van der Waals surface area (Å²) in [6.45, 7) is 1.44. The highest BCUT2D eigenvalue weighted by Gasteiger charge is 2.19. The zero-order chi connectivity index (χ0) is 17.0. The molecule has 2 aromatic rings. The van der Waals surface area contributed by atoms with Gasteiger partial charge < -0.3 is 10.6 Å². The van der Waals surface area contributed by atoms with E-state index in [9.17, 15) is 18.4 Å². The third-order valence-corrected chi connectivity index (χ3v) is 3.38. The number of hydrogen-bond donors (Lipinski definition) is 2. The van der Waals surface area contributed by atoms with Crippen LogP contribution in [0.5, 0.6) is 0 Å². The number of amides is 2. The molecule has 7 heteroatoms. The average molecular weight is 339 g/mol. The maximum atomic E-state index is 13.5. The van der Waals surface area contributed by atoms with Crippen molar-refractivity contribution in [1.82, 2.24) is 5.32 Å². The Morgan fingerprint density at radius 2 is 1.83 bits per heavy atom. The van der Waals surface area contributed by atoms with E-state index in [1.54, 1.807) is 18.2 Å². The van der Waals surface area contributed by atoms with Gasteiger partial charge in [0.2, 0.25) is 5.91 Å². The molecule has 0 aliphatic carbocycles. The van der Waals surface area contributed by atoms with Gasteiger partial charge in [0.15, 0.2) is 0 Å². The van der Waals surface area contributed by atoms with Crippen molar-refractivity contribution in [2.24, 2.45) is 0 Å². The van der Waals surface area contributed by atoms with Gasteiger partial charge in [0.1, 0.15) is 17.7 Å². The molecule has 0 radical (unpaired) electrons. The summed E-state index contributed by atoms with van der Waals surface area (Å²) in [5.41, 5.74) is 0.0528. The van der Waals surface area contributed by atoms with Crippen LogP contribution < -0.4 is 10.6 Å². The Hall–Kier alpha value is -2.47. The van der Waals surface area contributed by atoms with Crippen LogP contribution in [0.3, 0.4) is 0 Å². The lowest BCUT2D eigenvalue weighted by Gasteiger charge is -2.15. The Morgan fingerprint density at radius 3 is 2.48 bits per heavy atom. The largest absolute Gasteiger partial charge is 0.340 e. The Balaban J connectivity index is 2.03. The number of halogens is 3. The topological polar surface area (TPSA) is 58.2 Å². The van der Waals surface area contributed by atoms with E-state index in [0.29, 0.717) is 6.07 Å². The maximum absolute atomic E-state index is 13.5. The van der Waals surface area contributed by atoms with Crippen LogP contribution >= 0.6 is 11.6 Å². The molecule has 0 aliphatic heterocycles. The Labute approximate surface area is 136 Å². The summed E-state index contributed by atoms with van der Waals surface area (Å²) in [6, 6.07) is 8.21. The van der Waals surface area contributed by atoms with Crippen LogP contribution in [-0.2, 0) is 4.79 Å². The molecule has 0 aliphatic rings. The SMILES string of the molecule is C[C@H](NC(=O)c1ccccc1Cl)C(=O)Nc1ccc(F)cc1F. The smallest absolute Gasteiger partial charge is 0.253 e. The van der Waals surface area contributed by atoms with E-state index in [1.807, 2.05) is 0 Å². The lowest BCUT2D eigenvalue weighted by molar-refractivity contribution is -0.117. The van der Waals surface area contributed by atoms with E-state index in [2.05, 4.69) is 10.6 Å². The molecule has 120 valence electrons. The standard InChI is InChI=1S/C16H13ClF2N2O2/c1-9(20-16(23)11-4-2-3-5-12(11)17)15(22)21-14-7-6-10(18)8-13(14)19/h2-9H,1H3,(H,20,23)(H,21,22)/t9-/m0/s1. The van der Waals surface area contributed by atoms with Gasteiger partial charge in [-0.25, -0.2) is 8.78 Å². The van der Waals surface area contributed by atoms with Crippen LogP contribution in [-0.4, -0.2) is 17.9 Å². The number of rotatable bonds is 4. The van der Waals surface area contributed by atoms with E-state index in [4.69, 9.17) is 11.6 Å². The van der Waals surface area contributed by atoms with Crippen LogP contribution in [0, 0.1) is 11.6 Å². The molecule has 2 aromatic carbocycles. The van der Waals surface area contributed by atoms with Crippen molar-refractivity contribution < 1.29 is 18.4 Å². The van der Waals surface area contributed by atoms with Crippen molar-refractivity contribution in [2.45, 2.75) is 13.0 Å². The van der Waals surface area contributed by atoms with E-state index >= 15 is 0 Å². The van der Waals surface area contributed by atoms with E-state index in [1.165, 1.54) is 13.0 Å². The predicted octanol–water partition coefficient (Wildman–Crippen LogP) is 3.38. The van der Waals surface area contributed by atoms with Gasteiger partial charge in [-0.3, -0.25) is 9.59 Å². The molecule has 0 spiro atoms. The molecule has 2 rings (SSSR count). The van der Waals surface area contributed by atoms with E-state index < -0.39 is 29.5 Å². The van der Waals surface area contributed by atoms with Crippen LogP contribution in [0.25, 0.3) is 0 Å². The second kappa shape index (κ2) is 7.19. The second-order valence-corrected chi connectivity index (χ2v) is 5.20. The van der Waals surface area contributed by atoms with E-state index in [0.717, 1.165) is 12.1 Å². The van der Waals surface area contributed by atoms with Crippen molar-refractivity contribution in [1.29, 1.82) is 0 Å². The maximum Gasteiger partial charge on any atom is 0.253 e. The minimum Gasteiger partial charge on any atom is -0.340 e. The normalized spacial score (nSPS) is 11.7. The van der Waals surface area contributed by atoms with Crippen LogP contribution in [0.2, 0.25) is 5.02 Å². The lowest BCUT2D eigenvalue weighted by Crippen LogP contribution is -2.41. The molecule has 4 nitrogen and oxygen atoms in total. The molecular weight excluding hydrogens is 326 g/mol. The highest BCUT2D eigenvalue weighted by molar-refractivity contribution is 6.33. The van der Waals surface area contributed by atoms with Gasteiger partial charge in [-0.1, -0.05) is 23.7 Å². The van der Waals surface area contributed by atoms with Gasteiger partial charge >= 0.3 is 0 Å². The monoisotopic (exact) mass is 338 g/mol. The molecule has 0 fully saturated rings. The zero-order valence-corrected chi connectivity index (χ0v) is 12.8. The summed E-state index contributed by atoms with van der Waals surface area (Å²) in [4.78, 5) is 24.0. The fourth-order valence-electron chi connectivity index (χ4n) is 1.82. The van der Waals surface area contributed by atoms with Gasteiger partial charge in [0, 0.05) is 6.07 Å². The molecule has 2 N–H and O–H groups in total. The molecule has 23 heavy (non-hydrogen) atoms. The first-order valence-electron chi connectivity index (χ1n) is 6.70. The Bertz CT molecular complexity index is 753. The van der Waals surface area contributed by atoms with E-state index in [-0.39, 0.29) is 16.3 Å².